The summed E-state index contributed by atoms with van der Waals surface area (Å²) in [4.78, 5) is 14.9. The number of aliphatic hydroxyl groups excluding tert-OH is 1. The summed E-state index contributed by atoms with van der Waals surface area (Å²) in [6, 6.07) is 13.9. The minimum atomic E-state index is -3.77. The minimum absolute atomic E-state index is 0.0325. The number of para-hydroxylation sites is 1. The molecule has 158 valence electrons. The number of fused-ring (bicyclic) bond motifs is 3. The van der Waals surface area contributed by atoms with Crippen molar-refractivity contribution in [2.75, 3.05) is 17.5 Å². The highest BCUT2D eigenvalue weighted by molar-refractivity contribution is 7.92. The van der Waals surface area contributed by atoms with Crippen molar-refractivity contribution in [3.05, 3.63) is 59.7 Å². The summed E-state index contributed by atoms with van der Waals surface area (Å²) in [6.45, 7) is 1.97. The number of likely N-dealkylation sites (tertiary alicyclic amines) is 1. The number of nitrogens with zero attached hydrogens (tertiary/aromatic N) is 2. The fraction of sp³-hybridized carbons (Fsp3) is 0.435. The maximum Gasteiger partial charge on any atom is 0.264 e. The van der Waals surface area contributed by atoms with Crippen LogP contribution in [-0.2, 0) is 14.8 Å². The molecule has 0 aromatic heterocycles. The highest BCUT2D eigenvalue weighted by Gasteiger charge is 2.56. The Balaban J connectivity index is 1.55. The van der Waals surface area contributed by atoms with Gasteiger partial charge < -0.3 is 10.0 Å². The molecule has 1 N–H and O–H groups in total. The van der Waals surface area contributed by atoms with E-state index in [-0.39, 0.29) is 42.0 Å². The van der Waals surface area contributed by atoms with Crippen LogP contribution in [0.4, 0.5) is 5.69 Å². The lowest BCUT2D eigenvalue weighted by atomic mass is 9.72. The van der Waals surface area contributed by atoms with E-state index in [1.807, 2.05) is 37.3 Å². The molecular formula is C23H26N2O4S. The molecule has 3 atom stereocenters. The molecule has 1 aliphatic carbocycles. The first-order valence-corrected chi connectivity index (χ1v) is 12.0. The van der Waals surface area contributed by atoms with E-state index >= 15 is 0 Å². The Morgan fingerprint density at radius 2 is 1.90 bits per heavy atom. The lowest BCUT2D eigenvalue weighted by molar-refractivity contribution is -0.150. The number of benzene rings is 2. The first-order chi connectivity index (χ1) is 14.4. The zero-order chi connectivity index (χ0) is 21.0. The molecule has 5 rings (SSSR count). The first-order valence-electron chi connectivity index (χ1n) is 10.5. The Morgan fingerprint density at radius 1 is 1.13 bits per heavy atom. The van der Waals surface area contributed by atoms with Crippen molar-refractivity contribution in [1.82, 2.24) is 4.90 Å². The fourth-order valence-electron chi connectivity index (χ4n) is 5.00. The Hall–Kier alpha value is -2.38. The molecule has 0 spiro atoms. The van der Waals surface area contributed by atoms with E-state index in [4.69, 9.17) is 0 Å². The van der Waals surface area contributed by atoms with Crippen molar-refractivity contribution in [3.63, 3.8) is 0 Å². The van der Waals surface area contributed by atoms with Crippen molar-refractivity contribution in [1.29, 1.82) is 0 Å². The quantitative estimate of drug-likeness (QED) is 0.797. The molecular weight excluding hydrogens is 400 g/mol. The number of carbonyl (C=O) groups is 1. The van der Waals surface area contributed by atoms with Gasteiger partial charge in [-0.05, 0) is 55.0 Å². The average molecular weight is 427 g/mol. The largest absolute Gasteiger partial charge is 0.394 e. The van der Waals surface area contributed by atoms with Crippen LogP contribution >= 0.6 is 0 Å². The summed E-state index contributed by atoms with van der Waals surface area (Å²) in [5.41, 5.74) is 2.41. The van der Waals surface area contributed by atoms with E-state index in [0.717, 1.165) is 24.0 Å². The van der Waals surface area contributed by atoms with Gasteiger partial charge in [0.25, 0.3) is 10.0 Å². The lowest BCUT2D eigenvalue weighted by Crippen LogP contribution is -2.70. The van der Waals surface area contributed by atoms with Gasteiger partial charge in [-0.1, -0.05) is 30.3 Å². The zero-order valence-electron chi connectivity index (χ0n) is 16.9. The van der Waals surface area contributed by atoms with Crippen molar-refractivity contribution in [3.8, 4) is 0 Å². The summed E-state index contributed by atoms with van der Waals surface area (Å²) in [5.74, 6) is 0.433. The Morgan fingerprint density at radius 3 is 2.60 bits per heavy atom. The predicted octanol–water partition coefficient (Wildman–Crippen LogP) is 2.66. The lowest BCUT2D eigenvalue weighted by Gasteiger charge is -2.59. The molecule has 30 heavy (non-hydrogen) atoms. The maximum atomic E-state index is 13.6. The molecule has 0 bridgehead atoms. The fourth-order valence-corrected chi connectivity index (χ4v) is 6.62. The van der Waals surface area contributed by atoms with E-state index in [1.165, 1.54) is 4.31 Å². The molecule has 0 radical (unpaired) electrons. The highest BCUT2D eigenvalue weighted by atomic mass is 32.2. The van der Waals surface area contributed by atoms with Gasteiger partial charge >= 0.3 is 0 Å². The van der Waals surface area contributed by atoms with Gasteiger partial charge in [0.05, 0.1) is 35.8 Å². The average Bonchev–Trinajstić information content (AvgIpc) is 3.52. The van der Waals surface area contributed by atoms with E-state index in [1.54, 1.807) is 23.1 Å². The summed E-state index contributed by atoms with van der Waals surface area (Å²) in [7, 11) is -3.77. The van der Waals surface area contributed by atoms with Gasteiger partial charge in [-0.15, -0.1) is 0 Å². The number of hydrogen-bond donors (Lipinski definition) is 1. The number of anilines is 1. The molecule has 0 unspecified atom stereocenters. The molecule has 1 amide bonds. The number of aryl methyl sites for hydroxylation is 1. The van der Waals surface area contributed by atoms with E-state index in [2.05, 4.69) is 0 Å². The molecule has 2 fully saturated rings. The third kappa shape index (κ3) is 3.03. The monoisotopic (exact) mass is 426 g/mol. The second kappa shape index (κ2) is 7.10. The maximum absolute atomic E-state index is 13.6. The number of sulfonamides is 1. The summed E-state index contributed by atoms with van der Waals surface area (Å²) >= 11 is 0. The van der Waals surface area contributed by atoms with Crippen molar-refractivity contribution < 1.29 is 18.3 Å². The Labute approximate surface area is 177 Å². The molecule has 3 aliphatic rings. The third-order valence-electron chi connectivity index (χ3n) is 6.67. The van der Waals surface area contributed by atoms with Crippen molar-refractivity contribution in [2.45, 2.75) is 49.1 Å². The molecule has 2 aliphatic heterocycles. The number of hydrogen-bond acceptors (Lipinski definition) is 4. The number of amides is 1. The van der Waals surface area contributed by atoms with Crippen LogP contribution in [0.25, 0.3) is 0 Å². The van der Waals surface area contributed by atoms with Crippen LogP contribution in [-0.4, -0.2) is 49.6 Å². The molecule has 1 saturated heterocycles. The number of rotatable bonds is 5. The van der Waals surface area contributed by atoms with Gasteiger partial charge in [0, 0.05) is 12.3 Å². The zero-order valence-corrected chi connectivity index (χ0v) is 17.8. The van der Waals surface area contributed by atoms with Gasteiger partial charge in [0.2, 0.25) is 5.91 Å². The van der Waals surface area contributed by atoms with Crippen LogP contribution in [0.3, 0.4) is 0 Å². The smallest absolute Gasteiger partial charge is 0.264 e. The molecule has 2 aromatic rings. The van der Waals surface area contributed by atoms with E-state index < -0.39 is 10.0 Å². The van der Waals surface area contributed by atoms with Crippen LogP contribution in [0.15, 0.2) is 53.4 Å². The Kier molecular flexibility index (Phi) is 4.63. The second-order valence-electron chi connectivity index (χ2n) is 8.70. The highest BCUT2D eigenvalue weighted by Crippen LogP contribution is 2.50. The molecule has 1 saturated carbocycles. The second-order valence-corrected chi connectivity index (χ2v) is 10.6. The normalized spacial score (nSPS) is 25.3. The van der Waals surface area contributed by atoms with Crippen molar-refractivity contribution >= 4 is 21.6 Å². The van der Waals surface area contributed by atoms with E-state index in [0.29, 0.717) is 18.0 Å². The van der Waals surface area contributed by atoms with Crippen LogP contribution in [0.1, 0.15) is 36.3 Å². The number of aliphatic hydroxyl groups is 1. The number of carbonyl (C=O) groups excluding carboxylic acids is 1. The topological polar surface area (TPSA) is 77.9 Å². The van der Waals surface area contributed by atoms with Gasteiger partial charge in [-0.3, -0.25) is 9.10 Å². The molecule has 7 heteroatoms. The Bertz CT molecular complexity index is 1100. The summed E-state index contributed by atoms with van der Waals surface area (Å²) < 4.78 is 28.6. The predicted molar refractivity (Wildman–Crippen MR) is 114 cm³/mol. The SMILES string of the molecule is Cc1cccc(S(=O)(=O)N2C[C@@H]3[C@H](c4ccccc42)[C@@H](CO)N3C(=O)CC2CC2)c1. The van der Waals surface area contributed by atoms with Gasteiger partial charge in [0.15, 0.2) is 0 Å². The molecule has 2 heterocycles. The van der Waals surface area contributed by atoms with Gasteiger partial charge in [0.1, 0.15) is 0 Å². The molecule has 2 aromatic carbocycles. The summed E-state index contributed by atoms with van der Waals surface area (Å²) in [5, 5.41) is 10.0. The van der Waals surface area contributed by atoms with Crippen LogP contribution in [0.2, 0.25) is 0 Å². The van der Waals surface area contributed by atoms with Crippen molar-refractivity contribution in [2.24, 2.45) is 5.92 Å². The third-order valence-corrected chi connectivity index (χ3v) is 8.45. The van der Waals surface area contributed by atoms with Crippen LogP contribution < -0.4 is 4.31 Å². The minimum Gasteiger partial charge on any atom is -0.394 e. The van der Waals surface area contributed by atoms with Crippen LogP contribution in [0, 0.1) is 12.8 Å². The first kappa shape index (κ1) is 19.6. The van der Waals surface area contributed by atoms with Gasteiger partial charge in [-0.2, -0.15) is 0 Å². The van der Waals surface area contributed by atoms with Gasteiger partial charge in [-0.25, -0.2) is 8.42 Å². The standard InChI is InChI=1S/C23H26N2O4S/c1-15-5-4-6-17(11-15)30(28,29)24-13-20-23(18-7-2-3-8-19(18)24)21(14-26)25(20)22(27)12-16-9-10-16/h2-8,11,16,20-21,23,26H,9-10,12-14H2,1H3/t20-,21-,23+/m1/s1. The summed E-state index contributed by atoms with van der Waals surface area (Å²) in [6.07, 6.45) is 2.65. The van der Waals surface area contributed by atoms with E-state index in [9.17, 15) is 18.3 Å². The van der Waals surface area contributed by atoms with Crippen LogP contribution in [0.5, 0.6) is 0 Å². The molecule has 6 nitrogen and oxygen atoms in total.